The summed E-state index contributed by atoms with van der Waals surface area (Å²) < 4.78 is 7.01. The van der Waals surface area contributed by atoms with Gasteiger partial charge in [0.25, 0.3) is 0 Å². The molecule has 0 bridgehead atoms. The number of nitrogen functional groups attached to an aromatic ring is 1. The number of fused-ring (bicyclic) bond motifs is 1. The monoisotopic (exact) mass is 391 g/mol. The maximum Gasteiger partial charge on any atom is 0.247 e. The second-order valence-electron chi connectivity index (χ2n) is 7.27. The Kier molecular flexibility index (Phi) is 5.40. The number of hydrogen-bond donors (Lipinski definition) is 5. The fraction of sp³-hybridized carbons (Fsp3) is 0.647. The Balaban J connectivity index is 1.57. The Bertz CT molecular complexity index is 851. The van der Waals surface area contributed by atoms with Crippen LogP contribution in [0.15, 0.2) is 11.4 Å². The van der Waals surface area contributed by atoms with Gasteiger partial charge < -0.3 is 25.8 Å². The number of rotatable bonds is 5. The van der Waals surface area contributed by atoms with Gasteiger partial charge in [-0.05, 0) is 18.8 Å². The first-order valence-electron chi connectivity index (χ1n) is 9.50. The van der Waals surface area contributed by atoms with Gasteiger partial charge in [-0.25, -0.2) is 10.4 Å². The van der Waals surface area contributed by atoms with Crippen molar-refractivity contribution in [1.29, 1.82) is 0 Å². The van der Waals surface area contributed by atoms with E-state index in [0.717, 1.165) is 12.8 Å². The number of aliphatic hydroxyl groups excluding tert-OH is 3. The van der Waals surface area contributed by atoms with Crippen LogP contribution < -0.4 is 11.2 Å². The highest BCUT2D eigenvalue weighted by Gasteiger charge is 2.44. The summed E-state index contributed by atoms with van der Waals surface area (Å²) in [6.45, 7) is -0.416. The molecule has 2 fully saturated rings. The number of nitrogens with one attached hydrogen (secondary N) is 1. The van der Waals surface area contributed by atoms with E-state index in [2.05, 4.69) is 25.5 Å². The van der Waals surface area contributed by atoms with E-state index in [9.17, 15) is 15.3 Å². The van der Waals surface area contributed by atoms with E-state index < -0.39 is 31.1 Å². The summed E-state index contributed by atoms with van der Waals surface area (Å²) >= 11 is 0. The molecular weight excluding hydrogens is 366 g/mol. The van der Waals surface area contributed by atoms with Crippen LogP contribution >= 0.6 is 0 Å². The number of hydrazone groups is 1. The Morgan fingerprint density at radius 2 is 2.04 bits per heavy atom. The fourth-order valence-electron chi connectivity index (χ4n) is 3.77. The predicted molar refractivity (Wildman–Crippen MR) is 101 cm³/mol. The lowest BCUT2D eigenvalue weighted by Crippen LogP contribution is -2.33. The van der Waals surface area contributed by atoms with E-state index in [-0.39, 0.29) is 11.8 Å². The first kappa shape index (κ1) is 19.0. The second kappa shape index (κ2) is 7.95. The van der Waals surface area contributed by atoms with Gasteiger partial charge in [-0.15, -0.1) is 0 Å². The van der Waals surface area contributed by atoms with Gasteiger partial charge in [0.15, 0.2) is 17.7 Å². The number of ether oxygens (including phenoxy) is 1. The lowest BCUT2D eigenvalue weighted by atomic mass is 9.90. The molecule has 1 aliphatic heterocycles. The van der Waals surface area contributed by atoms with Gasteiger partial charge in [-0.3, -0.25) is 4.57 Å². The summed E-state index contributed by atoms with van der Waals surface area (Å²) in [5.41, 5.74) is 9.47. The van der Waals surface area contributed by atoms with E-state index in [4.69, 9.17) is 10.5 Å². The van der Waals surface area contributed by atoms with E-state index in [1.54, 1.807) is 0 Å². The van der Waals surface area contributed by atoms with Crippen molar-refractivity contribution in [2.24, 2.45) is 11.0 Å². The molecule has 3 heterocycles. The Hall–Kier alpha value is -2.34. The topological polar surface area (TPSA) is 164 Å². The van der Waals surface area contributed by atoms with Gasteiger partial charge >= 0.3 is 0 Å². The number of aliphatic hydroxyl groups is 3. The molecule has 1 saturated heterocycles. The Morgan fingerprint density at radius 3 is 2.75 bits per heavy atom. The van der Waals surface area contributed by atoms with Crippen LogP contribution in [-0.4, -0.2) is 66.0 Å². The van der Waals surface area contributed by atoms with Crippen molar-refractivity contribution in [3.63, 3.8) is 0 Å². The molecule has 4 rings (SSSR count). The molecule has 1 aliphatic carbocycles. The maximum absolute atomic E-state index is 10.3. The zero-order chi connectivity index (χ0) is 19.7. The highest BCUT2D eigenvalue weighted by Crippen LogP contribution is 2.32. The van der Waals surface area contributed by atoms with Gasteiger partial charge in [0.2, 0.25) is 5.95 Å². The van der Waals surface area contributed by atoms with Crippen LogP contribution in [0, 0.1) is 5.92 Å². The molecule has 0 spiro atoms. The first-order chi connectivity index (χ1) is 13.6. The zero-order valence-electron chi connectivity index (χ0n) is 15.3. The van der Waals surface area contributed by atoms with Gasteiger partial charge in [-0.2, -0.15) is 15.1 Å². The quantitative estimate of drug-likeness (QED) is 0.348. The number of imidazole rings is 1. The molecule has 4 atom stereocenters. The van der Waals surface area contributed by atoms with Crippen LogP contribution in [0.4, 0.5) is 11.8 Å². The molecule has 11 heteroatoms. The summed E-state index contributed by atoms with van der Waals surface area (Å²) in [7, 11) is 0. The first-order valence-corrected chi connectivity index (χ1v) is 9.50. The minimum Gasteiger partial charge on any atom is -0.394 e. The van der Waals surface area contributed by atoms with Crippen molar-refractivity contribution in [2.75, 3.05) is 17.8 Å². The second-order valence-corrected chi connectivity index (χ2v) is 7.27. The molecule has 2 aromatic heterocycles. The minimum absolute atomic E-state index is 0.158. The van der Waals surface area contributed by atoms with Crippen LogP contribution in [0.3, 0.4) is 0 Å². The third-order valence-electron chi connectivity index (χ3n) is 5.34. The van der Waals surface area contributed by atoms with Crippen molar-refractivity contribution in [3.8, 4) is 0 Å². The highest BCUT2D eigenvalue weighted by atomic mass is 16.6. The van der Waals surface area contributed by atoms with Gasteiger partial charge in [0.1, 0.15) is 23.8 Å². The smallest absolute Gasteiger partial charge is 0.247 e. The van der Waals surface area contributed by atoms with Crippen LogP contribution in [0.5, 0.6) is 0 Å². The zero-order valence-corrected chi connectivity index (χ0v) is 15.3. The number of aromatic nitrogens is 4. The summed E-state index contributed by atoms with van der Waals surface area (Å²) in [4.78, 5) is 12.7. The van der Waals surface area contributed by atoms with Crippen molar-refractivity contribution in [1.82, 2.24) is 19.5 Å². The normalized spacial score (nSPS) is 29.1. The van der Waals surface area contributed by atoms with Crippen molar-refractivity contribution < 1.29 is 20.1 Å². The van der Waals surface area contributed by atoms with E-state index in [1.807, 2.05) is 6.21 Å². The third kappa shape index (κ3) is 3.53. The molecule has 6 N–H and O–H groups in total. The van der Waals surface area contributed by atoms with Crippen molar-refractivity contribution >= 4 is 29.1 Å². The summed E-state index contributed by atoms with van der Waals surface area (Å²) in [5.74, 6) is 0.809. The molecule has 2 aliphatic rings. The van der Waals surface area contributed by atoms with Crippen LogP contribution in [0.1, 0.15) is 38.3 Å². The molecule has 2 aromatic rings. The standard InChI is InChI=1S/C17H25N7O4/c18-14-11-15(22-17(21-14)23-20-6-9-4-2-1-3-5-9)24(8-19-11)16-13(27)12(26)10(7-25)28-16/h6,8-10,12-13,16,25-27H,1-5,7H2,(H3,18,21,22,23)/t10-,12-,13-,16-/m1/s1. The van der Waals surface area contributed by atoms with Crippen LogP contribution in [-0.2, 0) is 4.74 Å². The fourth-order valence-corrected chi connectivity index (χ4v) is 3.77. The molecule has 1 saturated carbocycles. The molecule has 0 radical (unpaired) electrons. The van der Waals surface area contributed by atoms with E-state index in [0.29, 0.717) is 17.1 Å². The highest BCUT2D eigenvalue weighted by molar-refractivity contribution is 5.83. The lowest BCUT2D eigenvalue weighted by Gasteiger charge is -2.17. The van der Waals surface area contributed by atoms with Gasteiger partial charge in [-0.1, -0.05) is 19.3 Å². The summed E-state index contributed by atoms with van der Waals surface area (Å²) in [5, 5.41) is 33.8. The maximum atomic E-state index is 10.3. The average Bonchev–Trinajstić information content (AvgIpc) is 3.24. The lowest BCUT2D eigenvalue weighted by molar-refractivity contribution is -0.0511. The molecule has 152 valence electrons. The molecule has 0 aromatic carbocycles. The number of anilines is 2. The SMILES string of the molecule is Nc1nc(NN=CC2CCCCC2)nc2c1ncn2[C@@H]1O[C@H](CO)[C@@H](O)[C@H]1O. The van der Waals surface area contributed by atoms with Gasteiger partial charge in [0, 0.05) is 6.21 Å². The number of nitrogens with two attached hydrogens (primary N) is 1. The summed E-state index contributed by atoms with van der Waals surface area (Å²) in [6.07, 6.45) is 4.95. The third-order valence-corrected chi connectivity index (χ3v) is 5.34. The minimum atomic E-state index is -1.24. The molecular formula is C17H25N7O4. The number of nitrogens with zero attached hydrogens (tertiary/aromatic N) is 5. The van der Waals surface area contributed by atoms with Crippen LogP contribution in [0.2, 0.25) is 0 Å². The molecule has 28 heavy (non-hydrogen) atoms. The molecule has 11 nitrogen and oxygen atoms in total. The predicted octanol–water partition coefficient (Wildman–Crippen LogP) is -0.00200. The average molecular weight is 391 g/mol. The summed E-state index contributed by atoms with van der Waals surface area (Å²) in [6, 6.07) is 0. The molecule has 0 amide bonds. The van der Waals surface area contributed by atoms with Crippen molar-refractivity contribution in [3.05, 3.63) is 6.33 Å². The van der Waals surface area contributed by atoms with Crippen molar-refractivity contribution in [2.45, 2.75) is 56.6 Å². The number of hydrogen-bond acceptors (Lipinski definition) is 10. The van der Waals surface area contributed by atoms with Gasteiger partial charge in [0.05, 0.1) is 12.9 Å². The van der Waals surface area contributed by atoms with Crippen LogP contribution in [0.25, 0.3) is 11.2 Å². The van der Waals surface area contributed by atoms with E-state index >= 15 is 0 Å². The Morgan fingerprint density at radius 1 is 1.25 bits per heavy atom. The van der Waals surface area contributed by atoms with E-state index in [1.165, 1.54) is 30.2 Å². The Labute approximate surface area is 161 Å². The molecule has 0 unspecified atom stereocenters. The largest absolute Gasteiger partial charge is 0.394 e.